The summed E-state index contributed by atoms with van der Waals surface area (Å²) in [5.41, 5.74) is 7.10. The molecular formula is C14H19N. The molecule has 0 radical (unpaired) electrons. The molecule has 0 saturated carbocycles. The molecule has 15 heavy (non-hydrogen) atoms. The Morgan fingerprint density at radius 1 is 0.933 bits per heavy atom. The number of rotatable bonds is 1. The van der Waals surface area contributed by atoms with Crippen LogP contribution >= 0.6 is 0 Å². The molecule has 0 spiro atoms. The number of fused-ring (bicyclic) bond motifs is 1. The SMILES string of the molecule is CC.C[C@@H](N)c1cccc2ccccc12. The van der Waals surface area contributed by atoms with Gasteiger partial charge in [-0.25, -0.2) is 0 Å². The molecule has 2 aromatic carbocycles. The van der Waals surface area contributed by atoms with Crippen LogP contribution in [0.25, 0.3) is 10.8 Å². The van der Waals surface area contributed by atoms with E-state index in [1.807, 2.05) is 32.9 Å². The van der Waals surface area contributed by atoms with Gasteiger partial charge in [0.25, 0.3) is 0 Å². The van der Waals surface area contributed by atoms with Crippen LogP contribution in [0.2, 0.25) is 0 Å². The van der Waals surface area contributed by atoms with Crippen molar-refractivity contribution in [3.05, 3.63) is 48.0 Å². The Kier molecular flexibility index (Phi) is 4.32. The second-order valence-electron chi connectivity index (χ2n) is 3.36. The van der Waals surface area contributed by atoms with E-state index >= 15 is 0 Å². The molecule has 0 heterocycles. The summed E-state index contributed by atoms with van der Waals surface area (Å²) in [5.74, 6) is 0. The van der Waals surface area contributed by atoms with Crippen LogP contribution in [0.1, 0.15) is 32.4 Å². The highest BCUT2D eigenvalue weighted by Gasteiger charge is 2.02. The van der Waals surface area contributed by atoms with Crippen LogP contribution in [0, 0.1) is 0 Å². The molecule has 1 heteroatoms. The lowest BCUT2D eigenvalue weighted by Gasteiger charge is -2.09. The monoisotopic (exact) mass is 201 g/mol. The van der Waals surface area contributed by atoms with E-state index in [4.69, 9.17) is 5.73 Å². The average Bonchev–Trinajstić information content (AvgIpc) is 2.31. The molecule has 2 N–H and O–H groups in total. The maximum Gasteiger partial charge on any atom is 0.0272 e. The van der Waals surface area contributed by atoms with Gasteiger partial charge in [0.1, 0.15) is 0 Å². The van der Waals surface area contributed by atoms with Gasteiger partial charge in [-0.15, -0.1) is 0 Å². The quantitative estimate of drug-likeness (QED) is 0.744. The Bertz CT molecular complexity index is 413. The predicted octanol–water partition coefficient (Wildman–Crippen LogP) is 3.89. The van der Waals surface area contributed by atoms with Crippen LogP contribution < -0.4 is 5.73 Å². The van der Waals surface area contributed by atoms with Gasteiger partial charge in [0.2, 0.25) is 0 Å². The molecule has 0 aliphatic carbocycles. The topological polar surface area (TPSA) is 26.0 Å². The standard InChI is InChI=1S/C12H13N.C2H6/c1-9(13)11-8-4-6-10-5-2-3-7-12(10)11;1-2/h2-9H,13H2,1H3;1-2H3/t9-;/m1./s1. The van der Waals surface area contributed by atoms with E-state index in [0.717, 1.165) is 0 Å². The van der Waals surface area contributed by atoms with Gasteiger partial charge in [-0.3, -0.25) is 0 Å². The Morgan fingerprint density at radius 2 is 1.53 bits per heavy atom. The summed E-state index contributed by atoms with van der Waals surface area (Å²) in [7, 11) is 0. The molecule has 1 atom stereocenters. The van der Waals surface area contributed by atoms with E-state index in [1.165, 1.54) is 16.3 Å². The Labute approximate surface area is 91.9 Å². The minimum Gasteiger partial charge on any atom is -0.324 e. The highest BCUT2D eigenvalue weighted by atomic mass is 14.6. The lowest BCUT2D eigenvalue weighted by Crippen LogP contribution is -2.05. The first-order valence-electron chi connectivity index (χ1n) is 5.52. The summed E-state index contributed by atoms with van der Waals surface area (Å²) in [6.45, 7) is 6.02. The summed E-state index contributed by atoms with van der Waals surface area (Å²) in [5, 5.41) is 2.53. The molecule has 0 aromatic heterocycles. The van der Waals surface area contributed by atoms with E-state index in [-0.39, 0.29) is 6.04 Å². The van der Waals surface area contributed by atoms with Crippen LogP contribution in [-0.4, -0.2) is 0 Å². The molecular weight excluding hydrogens is 182 g/mol. The highest BCUT2D eigenvalue weighted by molar-refractivity contribution is 5.85. The minimum atomic E-state index is 0.103. The molecule has 0 saturated heterocycles. The summed E-state index contributed by atoms with van der Waals surface area (Å²) in [6.07, 6.45) is 0. The molecule has 2 rings (SSSR count). The number of hydrogen-bond acceptors (Lipinski definition) is 1. The van der Waals surface area contributed by atoms with Crippen LogP contribution in [0.5, 0.6) is 0 Å². The third-order valence-corrected chi connectivity index (χ3v) is 2.31. The lowest BCUT2D eigenvalue weighted by atomic mass is 10.0. The van der Waals surface area contributed by atoms with Gasteiger partial charge in [-0.05, 0) is 23.3 Å². The number of benzene rings is 2. The van der Waals surface area contributed by atoms with Crippen molar-refractivity contribution in [2.24, 2.45) is 5.73 Å². The Morgan fingerprint density at radius 3 is 2.20 bits per heavy atom. The summed E-state index contributed by atoms with van der Waals surface area (Å²) in [4.78, 5) is 0. The van der Waals surface area contributed by atoms with Gasteiger partial charge >= 0.3 is 0 Å². The third kappa shape index (κ3) is 2.57. The van der Waals surface area contributed by atoms with Crippen LogP contribution in [0.4, 0.5) is 0 Å². The summed E-state index contributed by atoms with van der Waals surface area (Å²) >= 11 is 0. The van der Waals surface area contributed by atoms with Crippen molar-refractivity contribution in [1.82, 2.24) is 0 Å². The fourth-order valence-electron chi connectivity index (χ4n) is 1.65. The van der Waals surface area contributed by atoms with Crippen molar-refractivity contribution in [2.45, 2.75) is 26.8 Å². The zero-order valence-corrected chi connectivity index (χ0v) is 9.70. The molecule has 0 bridgehead atoms. The van der Waals surface area contributed by atoms with Crippen molar-refractivity contribution in [3.8, 4) is 0 Å². The smallest absolute Gasteiger partial charge is 0.0272 e. The number of nitrogens with two attached hydrogens (primary N) is 1. The molecule has 0 fully saturated rings. The molecule has 0 aliphatic heterocycles. The first kappa shape index (κ1) is 11.7. The summed E-state index contributed by atoms with van der Waals surface area (Å²) in [6, 6.07) is 14.7. The largest absolute Gasteiger partial charge is 0.324 e. The normalized spacial score (nSPS) is 11.7. The predicted molar refractivity (Wildman–Crippen MR) is 67.9 cm³/mol. The van der Waals surface area contributed by atoms with Crippen LogP contribution in [0.15, 0.2) is 42.5 Å². The van der Waals surface area contributed by atoms with Gasteiger partial charge in [-0.1, -0.05) is 56.3 Å². The maximum atomic E-state index is 5.88. The van der Waals surface area contributed by atoms with E-state index in [9.17, 15) is 0 Å². The van der Waals surface area contributed by atoms with Crippen molar-refractivity contribution in [2.75, 3.05) is 0 Å². The minimum absolute atomic E-state index is 0.103. The van der Waals surface area contributed by atoms with E-state index in [0.29, 0.717) is 0 Å². The third-order valence-electron chi connectivity index (χ3n) is 2.31. The highest BCUT2D eigenvalue weighted by Crippen LogP contribution is 2.22. The number of hydrogen-bond donors (Lipinski definition) is 1. The van der Waals surface area contributed by atoms with Crippen molar-refractivity contribution >= 4 is 10.8 Å². The van der Waals surface area contributed by atoms with Gasteiger partial charge in [-0.2, -0.15) is 0 Å². The van der Waals surface area contributed by atoms with Crippen molar-refractivity contribution in [3.63, 3.8) is 0 Å². The second kappa shape index (κ2) is 5.52. The maximum absolute atomic E-state index is 5.88. The van der Waals surface area contributed by atoms with Crippen molar-refractivity contribution in [1.29, 1.82) is 0 Å². The molecule has 0 aliphatic rings. The van der Waals surface area contributed by atoms with Gasteiger partial charge in [0.15, 0.2) is 0 Å². The summed E-state index contributed by atoms with van der Waals surface area (Å²) < 4.78 is 0. The molecule has 1 nitrogen and oxygen atoms in total. The van der Waals surface area contributed by atoms with Crippen molar-refractivity contribution < 1.29 is 0 Å². The zero-order chi connectivity index (χ0) is 11.3. The lowest BCUT2D eigenvalue weighted by molar-refractivity contribution is 0.827. The van der Waals surface area contributed by atoms with E-state index < -0.39 is 0 Å². The first-order chi connectivity index (χ1) is 7.29. The fourth-order valence-corrected chi connectivity index (χ4v) is 1.65. The van der Waals surface area contributed by atoms with Crippen LogP contribution in [-0.2, 0) is 0 Å². The molecule has 2 aromatic rings. The van der Waals surface area contributed by atoms with E-state index in [1.54, 1.807) is 0 Å². The van der Waals surface area contributed by atoms with Crippen LogP contribution in [0.3, 0.4) is 0 Å². The second-order valence-corrected chi connectivity index (χ2v) is 3.36. The van der Waals surface area contributed by atoms with Gasteiger partial charge in [0, 0.05) is 6.04 Å². The Balaban J connectivity index is 0.000000531. The van der Waals surface area contributed by atoms with E-state index in [2.05, 4.69) is 30.3 Å². The van der Waals surface area contributed by atoms with Gasteiger partial charge < -0.3 is 5.73 Å². The fraction of sp³-hybridized carbons (Fsp3) is 0.286. The van der Waals surface area contributed by atoms with Gasteiger partial charge in [0.05, 0.1) is 0 Å². The Hall–Kier alpha value is -1.34. The molecule has 0 unspecified atom stereocenters. The molecule has 80 valence electrons. The zero-order valence-electron chi connectivity index (χ0n) is 9.70. The average molecular weight is 201 g/mol. The first-order valence-corrected chi connectivity index (χ1v) is 5.52. The molecule has 0 amide bonds.